The van der Waals surface area contributed by atoms with Gasteiger partial charge >= 0.3 is 0 Å². The minimum Gasteiger partial charge on any atom is -0.494 e. The van der Waals surface area contributed by atoms with E-state index in [0.717, 1.165) is 6.54 Å². The molecule has 0 bridgehead atoms. The number of aromatic nitrogens is 2. The summed E-state index contributed by atoms with van der Waals surface area (Å²) < 4.78 is 5.02. The summed E-state index contributed by atoms with van der Waals surface area (Å²) in [5.41, 5.74) is 0.281. The van der Waals surface area contributed by atoms with Crippen molar-refractivity contribution >= 4 is 5.95 Å². The van der Waals surface area contributed by atoms with Crippen molar-refractivity contribution in [2.75, 3.05) is 33.1 Å². The number of anilines is 1. The summed E-state index contributed by atoms with van der Waals surface area (Å²) in [6.45, 7) is 0.895. The second kappa shape index (κ2) is 4.87. The Morgan fingerprint density at radius 3 is 2.41 bits per heavy atom. The molecule has 1 saturated carbocycles. The molecule has 0 unspecified atom stereocenters. The smallest absolute Gasteiger partial charge is 0.222 e. The lowest BCUT2D eigenvalue weighted by atomic mass is 9.75. The Labute approximate surface area is 102 Å². The zero-order valence-electron chi connectivity index (χ0n) is 10.7. The maximum absolute atomic E-state index is 5.02. The highest BCUT2D eigenvalue weighted by molar-refractivity contribution is 5.28. The molecule has 1 aliphatic rings. The van der Waals surface area contributed by atoms with E-state index in [9.17, 15) is 0 Å². The van der Waals surface area contributed by atoms with Crippen molar-refractivity contribution in [1.82, 2.24) is 14.9 Å². The van der Waals surface area contributed by atoms with Crippen LogP contribution in [0.4, 0.5) is 5.95 Å². The van der Waals surface area contributed by atoms with Crippen molar-refractivity contribution in [3.05, 3.63) is 12.4 Å². The van der Waals surface area contributed by atoms with Gasteiger partial charge in [0.15, 0.2) is 5.75 Å². The molecule has 17 heavy (non-hydrogen) atoms. The third-order valence-electron chi connectivity index (χ3n) is 3.67. The van der Waals surface area contributed by atoms with E-state index in [1.165, 1.54) is 19.3 Å². The number of rotatable bonds is 5. The number of methoxy groups -OCH3 is 1. The third-order valence-corrected chi connectivity index (χ3v) is 3.67. The molecule has 94 valence electrons. The van der Waals surface area contributed by atoms with Crippen LogP contribution in [0.15, 0.2) is 12.4 Å². The van der Waals surface area contributed by atoms with E-state index >= 15 is 0 Å². The summed E-state index contributed by atoms with van der Waals surface area (Å²) in [5.74, 6) is 1.35. The largest absolute Gasteiger partial charge is 0.494 e. The third kappa shape index (κ3) is 2.49. The molecule has 5 heteroatoms. The lowest BCUT2D eigenvalue weighted by Crippen LogP contribution is -2.54. The minimum atomic E-state index is 0.281. The van der Waals surface area contributed by atoms with Crippen LogP contribution in [0.25, 0.3) is 0 Å². The normalized spacial score (nSPS) is 17.6. The lowest BCUT2D eigenvalue weighted by molar-refractivity contribution is 0.0737. The molecule has 0 atom stereocenters. The average molecular weight is 236 g/mol. The van der Waals surface area contributed by atoms with Gasteiger partial charge in [0.2, 0.25) is 5.95 Å². The van der Waals surface area contributed by atoms with Gasteiger partial charge < -0.3 is 15.0 Å². The highest BCUT2D eigenvalue weighted by atomic mass is 16.5. The minimum absolute atomic E-state index is 0.281. The summed E-state index contributed by atoms with van der Waals surface area (Å²) >= 11 is 0. The molecule has 2 rings (SSSR count). The van der Waals surface area contributed by atoms with Crippen LogP contribution < -0.4 is 10.1 Å². The molecule has 0 aliphatic heterocycles. The predicted octanol–water partition coefficient (Wildman–Crippen LogP) is 1.38. The Hall–Kier alpha value is -1.36. The molecule has 1 fully saturated rings. The highest BCUT2D eigenvalue weighted by Gasteiger charge is 2.38. The standard InChI is InChI=1S/C12H20N4O/c1-16(2)12(5-4-6-12)9-15-11-13-7-10(17-3)8-14-11/h7-8H,4-6,9H2,1-3H3,(H,13,14,15). The van der Waals surface area contributed by atoms with Crippen LogP contribution in [0.3, 0.4) is 0 Å². The first kappa shape index (κ1) is 12.1. The number of ether oxygens (including phenoxy) is 1. The Balaban J connectivity index is 1.92. The zero-order chi connectivity index (χ0) is 12.3. The SMILES string of the molecule is COc1cnc(NCC2(N(C)C)CCC2)nc1. The van der Waals surface area contributed by atoms with Crippen molar-refractivity contribution < 1.29 is 4.74 Å². The van der Waals surface area contributed by atoms with Gasteiger partial charge in [0.25, 0.3) is 0 Å². The van der Waals surface area contributed by atoms with Gasteiger partial charge in [-0.3, -0.25) is 0 Å². The molecule has 0 saturated heterocycles. The molecule has 1 aromatic rings. The molecule has 1 heterocycles. The Morgan fingerprint density at radius 1 is 1.35 bits per heavy atom. The molecular formula is C12H20N4O. The molecule has 5 nitrogen and oxygen atoms in total. The summed E-state index contributed by atoms with van der Waals surface area (Å²) in [7, 11) is 5.88. The molecule has 0 aromatic carbocycles. The van der Waals surface area contributed by atoms with Gasteiger partial charge in [-0.25, -0.2) is 9.97 Å². The first-order chi connectivity index (χ1) is 8.16. The highest BCUT2D eigenvalue weighted by Crippen LogP contribution is 2.35. The van der Waals surface area contributed by atoms with Gasteiger partial charge in [-0.15, -0.1) is 0 Å². The molecule has 0 spiro atoms. The maximum Gasteiger partial charge on any atom is 0.222 e. The second-order valence-electron chi connectivity index (χ2n) is 4.77. The average Bonchev–Trinajstić information content (AvgIpc) is 2.28. The number of nitrogens with one attached hydrogen (secondary N) is 1. The van der Waals surface area contributed by atoms with Gasteiger partial charge in [-0.05, 0) is 33.4 Å². The van der Waals surface area contributed by atoms with E-state index in [1.54, 1.807) is 19.5 Å². The first-order valence-electron chi connectivity index (χ1n) is 5.94. The zero-order valence-corrected chi connectivity index (χ0v) is 10.7. The van der Waals surface area contributed by atoms with Crippen LogP contribution in [-0.2, 0) is 0 Å². The van der Waals surface area contributed by atoms with Crippen molar-refractivity contribution in [2.24, 2.45) is 0 Å². The van der Waals surface area contributed by atoms with E-state index in [-0.39, 0.29) is 5.54 Å². The fraction of sp³-hybridized carbons (Fsp3) is 0.667. The van der Waals surface area contributed by atoms with Gasteiger partial charge in [0, 0.05) is 12.1 Å². The van der Waals surface area contributed by atoms with Crippen LogP contribution in [0.2, 0.25) is 0 Å². The Bertz CT molecular complexity index is 359. The number of hydrogen-bond donors (Lipinski definition) is 1. The Morgan fingerprint density at radius 2 is 2.00 bits per heavy atom. The van der Waals surface area contributed by atoms with E-state index < -0.39 is 0 Å². The number of nitrogens with zero attached hydrogens (tertiary/aromatic N) is 3. The fourth-order valence-corrected chi connectivity index (χ4v) is 2.12. The number of likely N-dealkylation sites (N-methyl/N-ethyl adjacent to an activating group) is 1. The molecular weight excluding hydrogens is 216 g/mol. The van der Waals surface area contributed by atoms with E-state index in [0.29, 0.717) is 11.7 Å². The monoisotopic (exact) mass is 236 g/mol. The number of hydrogen-bond acceptors (Lipinski definition) is 5. The summed E-state index contributed by atoms with van der Waals surface area (Å²) in [6, 6.07) is 0. The van der Waals surface area contributed by atoms with Crippen LogP contribution in [0.5, 0.6) is 5.75 Å². The maximum atomic E-state index is 5.02. The van der Waals surface area contributed by atoms with Gasteiger partial charge in [0.1, 0.15) is 0 Å². The summed E-state index contributed by atoms with van der Waals surface area (Å²) in [5, 5.41) is 3.30. The Kier molecular flexibility index (Phi) is 3.47. The summed E-state index contributed by atoms with van der Waals surface area (Å²) in [4.78, 5) is 10.7. The van der Waals surface area contributed by atoms with E-state index in [1.807, 2.05) is 0 Å². The first-order valence-corrected chi connectivity index (χ1v) is 5.94. The quantitative estimate of drug-likeness (QED) is 0.837. The molecule has 0 amide bonds. The van der Waals surface area contributed by atoms with Gasteiger partial charge in [-0.2, -0.15) is 0 Å². The molecule has 0 radical (unpaired) electrons. The van der Waals surface area contributed by atoms with Crippen molar-refractivity contribution in [1.29, 1.82) is 0 Å². The molecule has 1 N–H and O–H groups in total. The van der Waals surface area contributed by atoms with Gasteiger partial charge in [-0.1, -0.05) is 0 Å². The topological polar surface area (TPSA) is 50.3 Å². The van der Waals surface area contributed by atoms with Crippen LogP contribution in [-0.4, -0.2) is 48.2 Å². The van der Waals surface area contributed by atoms with E-state index in [4.69, 9.17) is 4.74 Å². The van der Waals surface area contributed by atoms with Crippen LogP contribution in [0, 0.1) is 0 Å². The lowest BCUT2D eigenvalue weighted by Gasteiger charge is -2.47. The van der Waals surface area contributed by atoms with E-state index in [2.05, 4.69) is 34.3 Å². The van der Waals surface area contributed by atoms with Crippen molar-refractivity contribution in [3.63, 3.8) is 0 Å². The second-order valence-corrected chi connectivity index (χ2v) is 4.77. The predicted molar refractivity (Wildman–Crippen MR) is 67.3 cm³/mol. The molecule has 1 aromatic heterocycles. The fourth-order valence-electron chi connectivity index (χ4n) is 2.12. The summed E-state index contributed by atoms with van der Waals surface area (Å²) in [6.07, 6.45) is 7.15. The molecule has 1 aliphatic carbocycles. The van der Waals surface area contributed by atoms with Gasteiger partial charge in [0.05, 0.1) is 19.5 Å². The van der Waals surface area contributed by atoms with Crippen LogP contribution >= 0.6 is 0 Å². The van der Waals surface area contributed by atoms with Crippen LogP contribution in [0.1, 0.15) is 19.3 Å². The van der Waals surface area contributed by atoms with Crippen molar-refractivity contribution in [3.8, 4) is 5.75 Å². The van der Waals surface area contributed by atoms with Crippen molar-refractivity contribution in [2.45, 2.75) is 24.8 Å².